The molecule has 0 radical (unpaired) electrons. The van der Waals surface area contributed by atoms with Gasteiger partial charge in [-0.15, -0.1) is 0 Å². The molecule has 4 fully saturated rings. The van der Waals surface area contributed by atoms with Crippen molar-refractivity contribution in [2.75, 3.05) is 14.2 Å². The van der Waals surface area contributed by atoms with Crippen LogP contribution in [0.5, 0.6) is 0 Å². The minimum absolute atomic E-state index is 0.102. The van der Waals surface area contributed by atoms with Gasteiger partial charge in [0.1, 0.15) is 0 Å². The lowest BCUT2D eigenvalue weighted by Gasteiger charge is -2.60. The molecular weight excluding hydrogens is 484 g/mol. The third kappa shape index (κ3) is 3.43. The van der Waals surface area contributed by atoms with E-state index in [-0.39, 0.29) is 24.2 Å². The first-order valence-corrected chi connectivity index (χ1v) is 15.8. The molecule has 0 unspecified atom stereocenters. The number of esters is 1. The molecule has 0 amide bonds. The van der Waals surface area contributed by atoms with Gasteiger partial charge in [-0.3, -0.25) is 4.79 Å². The Morgan fingerprint density at radius 1 is 1.08 bits per heavy atom. The largest absolute Gasteiger partial charge is 0.469 e. The number of hydrogen-bond acceptors (Lipinski definition) is 5. The molecule has 6 heteroatoms. The summed E-state index contributed by atoms with van der Waals surface area (Å²) in [5.41, 5.74) is 1.58. The molecule has 6 rings (SSSR count). The van der Waals surface area contributed by atoms with E-state index in [1.54, 1.807) is 24.3 Å². The maximum atomic E-state index is 14.1. The number of methoxy groups -OCH3 is 2. The molecule has 5 aliphatic carbocycles. The Morgan fingerprint density at radius 3 is 2.51 bits per heavy atom. The van der Waals surface area contributed by atoms with Crippen LogP contribution in [0.4, 0.5) is 0 Å². The van der Waals surface area contributed by atoms with Gasteiger partial charge in [0.2, 0.25) is 0 Å². The van der Waals surface area contributed by atoms with Gasteiger partial charge in [0.25, 0.3) is 0 Å². The van der Waals surface area contributed by atoms with Gasteiger partial charge in [-0.25, -0.2) is 8.42 Å². The molecule has 4 saturated carbocycles. The molecule has 0 aromatic heterocycles. The summed E-state index contributed by atoms with van der Waals surface area (Å²) in [6.07, 6.45) is 11.1. The Hall–Kier alpha value is -1.66. The van der Waals surface area contributed by atoms with Crippen molar-refractivity contribution in [2.45, 2.75) is 87.9 Å². The number of benzene rings is 1. The molecule has 0 aliphatic heterocycles. The van der Waals surface area contributed by atoms with Gasteiger partial charge in [0, 0.05) is 18.9 Å². The van der Waals surface area contributed by atoms with Crippen LogP contribution in [0.1, 0.15) is 71.6 Å². The van der Waals surface area contributed by atoms with Crippen molar-refractivity contribution < 1.29 is 22.7 Å². The van der Waals surface area contributed by atoms with Crippen LogP contribution in [-0.2, 0) is 24.1 Å². The van der Waals surface area contributed by atoms with Gasteiger partial charge in [-0.2, -0.15) is 0 Å². The van der Waals surface area contributed by atoms with Crippen LogP contribution in [0.3, 0.4) is 0 Å². The molecule has 0 bridgehead atoms. The van der Waals surface area contributed by atoms with Crippen molar-refractivity contribution in [1.82, 2.24) is 0 Å². The topological polar surface area (TPSA) is 69.7 Å². The van der Waals surface area contributed by atoms with Crippen LogP contribution in [0.25, 0.3) is 0 Å². The van der Waals surface area contributed by atoms with E-state index in [1.165, 1.54) is 26.4 Å². The zero-order chi connectivity index (χ0) is 26.2. The van der Waals surface area contributed by atoms with Crippen molar-refractivity contribution in [2.24, 2.45) is 39.9 Å². The van der Waals surface area contributed by atoms with Crippen LogP contribution in [0.2, 0.25) is 0 Å². The molecule has 202 valence electrons. The van der Waals surface area contributed by atoms with Crippen molar-refractivity contribution in [3.8, 4) is 0 Å². The summed E-state index contributed by atoms with van der Waals surface area (Å²) >= 11 is 0. The highest BCUT2D eigenvalue weighted by Crippen LogP contribution is 2.82. The first-order valence-electron chi connectivity index (χ1n) is 14.2. The molecule has 1 aromatic rings. The first-order chi connectivity index (χ1) is 17.6. The van der Waals surface area contributed by atoms with E-state index in [0.717, 1.165) is 37.2 Å². The maximum Gasteiger partial charge on any atom is 0.305 e. The highest BCUT2D eigenvalue weighted by Gasteiger charge is 2.77. The quantitative estimate of drug-likeness (QED) is 0.323. The summed E-state index contributed by atoms with van der Waals surface area (Å²) < 4.78 is 39.3. The molecule has 5 nitrogen and oxygen atoms in total. The molecule has 1 aromatic carbocycles. The number of carbonyl (C=O) groups is 1. The third-order valence-corrected chi connectivity index (χ3v) is 14.3. The second-order valence-electron chi connectivity index (χ2n) is 13.0. The van der Waals surface area contributed by atoms with Crippen molar-refractivity contribution in [3.05, 3.63) is 42.0 Å². The molecular formula is C31H42O5S. The Bertz CT molecular complexity index is 1210. The summed E-state index contributed by atoms with van der Waals surface area (Å²) in [5.74, 6) is 2.15. The number of ether oxygens (including phenoxy) is 2. The molecule has 9 atom stereocenters. The van der Waals surface area contributed by atoms with Crippen LogP contribution in [0.15, 0.2) is 46.9 Å². The summed E-state index contributed by atoms with van der Waals surface area (Å²) in [7, 11) is -0.378. The van der Waals surface area contributed by atoms with Crippen molar-refractivity contribution >= 4 is 15.8 Å². The van der Waals surface area contributed by atoms with Crippen molar-refractivity contribution in [1.29, 1.82) is 0 Å². The van der Waals surface area contributed by atoms with E-state index < -0.39 is 15.1 Å². The van der Waals surface area contributed by atoms with Crippen LogP contribution in [-0.4, -0.2) is 40.0 Å². The summed E-state index contributed by atoms with van der Waals surface area (Å²) in [6, 6.07) is 8.76. The number of carbonyl (C=O) groups excluding carboxylic acids is 1. The van der Waals surface area contributed by atoms with Gasteiger partial charge in [0.05, 0.1) is 23.4 Å². The lowest BCUT2D eigenvalue weighted by Crippen LogP contribution is -2.57. The lowest BCUT2D eigenvalue weighted by atomic mass is 9.45. The maximum absolute atomic E-state index is 14.1. The predicted octanol–water partition coefficient (Wildman–Crippen LogP) is 5.99. The Labute approximate surface area is 222 Å². The normalized spacial score (nSPS) is 42.6. The fourth-order valence-electron chi connectivity index (χ4n) is 10.3. The molecule has 0 N–H and O–H groups in total. The van der Waals surface area contributed by atoms with Crippen LogP contribution >= 0.6 is 0 Å². The summed E-state index contributed by atoms with van der Waals surface area (Å²) in [5, 5.41) is -0.705. The van der Waals surface area contributed by atoms with Crippen molar-refractivity contribution in [3.63, 3.8) is 0 Å². The second-order valence-corrected chi connectivity index (χ2v) is 15.2. The third-order valence-electron chi connectivity index (χ3n) is 12.1. The number of allylic oxidation sites excluding steroid dienone is 1. The molecule has 0 heterocycles. The van der Waals surface area contributed by atoms with E-state index in [1.807, 2.05) is 13.2 Å². The van der Waals surface area contributed by atoms with E-state index in [4.69, 9.17) is 9.47 Å². The van der Waals surface area contributed by atoms with E-state index in [2.05, 4.69) is 19.9 Å². The highest BCUT2D eigenvalue weighted by atomic mass is 32.2. The van der Waals surface area contributed by atoms with Gasteiger partial charge in [0.15, 0.2) is 9.84 Å². The molecule has 5 aliphatic rings. The van der Waals surface area contributed by atoms with Gasteiger partial charge >= 0.3 is 5.97 Å². The highest BCUT2D eigenvalue weighted by molar-refractivity contribution is 7.92. The van der Waals surface area contributed by atoms with E-state index >= 15 is 0 Å². The number of hydrogen-bond donors (Lipinski definition) is 0. The minimum Gasteiger partial charge on any atom is -0.469 e. The zero-order valence-corrected chi connectivity index (χ0v) is 23.6. The Kier molecular flexibility index (Phi) is 6.00. The molecule has 37 heavy (non-hydrogen) atoms. The fraction of sp³-hybridized carbons (Fsp3) is 0.710. The average molecular weight is 527 g/mol. The van der Waals surface area contributed by atoms with Crippen LogP contribution in [0, 0.1) is 39.9 Å². The SMILES string of the molecule is COC(=O)CC[C@H](C1=CC[C@H]2[C@@H]3C[C@@H](OC)[C@]45C[C@H]4CC[C@]5(C)[C@H]3CC[C@]12C)S(=O)(=O)c1ccccc1. The van der Waals surface area contributed by atoms with Gasteiger partial charge in [-0.05, 0) is 104 Å². The number of sulfone groups is 1. The summed E-state index contributed by atoms with van der Waals surface area (Å²) in [4.78, 5) is 12.5. The Balaban J connectivity index is 1.34. The van der Waals surface area contributed by atoms with E-state index in [0.29, 0.717) is 39.6 Å². The zero-order valence-electron chi connectivity index (χ0n) is 22.7. The Morgan fingerprint density at radius 2 is 1.84 bits per heavy atom. The average Bonchev–Trinajstić information content (AvgIpc) is 3.42. The summed E-state index contributed by atoms with van der Waals surface area (Å²) in [6.45, 7) is 4.88. The van der Waals surface area contributed by atoms with Gasteiger partial charge in [-0.1, -0.05) is 38.1 Å². The van der Waals surface area contributed by atoms with Gasteiger partial charge < -0.3 is 9.47 Å². The lowest BCUT2D eigenvalue weighted by molar-refractivity contribution is -0.153. The van der Waals surface area contributed by atoms with E-state index in [9.17, 15) is 13.2 Å². The number of fused-ring (bicyclic) bond motifs is 4. The first kappa shape index (κ1) is 25.6. The molecule has 0 saturated heterocycles. The number of rotatable bonds is 7. The standard InChI is InChI=1S/C31H42O5S/c1-29-16-15-24-22(18-27(35-3)31-19-20(31)14-17-30(24,31)2)23(29)10-11-25(29)26(12-13-28(32)36-4)37(33,34)21-8-6-5-7-9-21/h5-9,11,20,22-24,26-27H,10,12-19H2,1-4H3/t20-,22+,23+,24+,26-,27-,29+,30-,31+/m1/s1. The monoisotopic (exact) mass is 526 g/mol. The second kappa shape index (κ2) is 8.67. The molecule has 1 spiro atoms. The predicted molar refractivity (Wildman–Crippen MR) is 142 cm³/mol. The smallest absolute Gasteiger partial charge is 0.305 e. The fourth-order valence-corrected chi connectivity index (χ4v) is 12.3. The minimum atomic E-state index is -3.65. The van der Waals surface area contributed by atoms with Crippen LogP contribution < -0.4 is 0 Å².